The highest BCUT2D eigenvalue weighted by Gasteiger charge is 2.34. The van der Waals surface area contributed by atoms with Gasteiger partial charge in [0.15, 0.2) is 23.1 Å². The third-order valence-electron chi connectivity index (χ3n) is 15.6. The van der Waals surface area contributed by atoms with E-state index in [4.69, 9.17) is 14.6 Å². The molecule has 8 aromatic carbocycles. The Balaban J connectivity index is 0.000000132. The predicted molar refractivity (Wildman–Crippen MR) is 313 cm³/mol. The summed E-state index contributed by atoms with van der Waals surface area (Å²) in [5.41, 5.74) is 15.2. The molecule has 4 atom stereocenters. The number of methoxy groups -OCH3 is 2. The second-order valence-electron chi connectivity index (χ2n) is 21.1. The molecule has 412 valence electrons. The van der Waals surface area contributed by atoms with Crippen molar-refractivity contribution in [2.45, 2.75) is 53.4 Å². The van der Waals surface area contributed by atoms with Gasteiger partial charge in [0.1, 0.15) is 0 Å². The summed E-state index contributed by atoms with van der Waals surface area (Å²) in [7, 11) is 2.72. The third-order valence-corrected chi connectivity index (χ3v) is 15.6. The van der Waals surface area contributed by atoms with E-state index in [-0.39, 0.29) is 69.9 Å². The van der Waals surface area contributed by atoms with Gasteiger partial charge in [-0.1, -0.05) is 161 Å². The summed E-state index contributed by atoms with van der Waals surface area (Å²) in [4.78, 5) is 95.2. The molecule has 2 N–H and O–H groups in total. The van der Waals surface area contributed by atoms with E-state index in [0.29, 0.717) is 22.3 Å². The van der Waals surface area contributed by atoms with Gasteiger partial charge in [0.25, 0.3) is 0 Å². The Morgan fingerprint density at radius 2 is 0.707 bits per heavy atom. The minimum atomic E-state index is -0.975. The zero-order valence-electron chi connectivity index (χ0n) is 46.3. The number of ketones is 4. The molecule has 0 amide bonds. The lowest BCUT2D eigenvalue weighted by Gasteiger charge is -2.11. The molecule has 4 aliphatic carbocycles. The van der Waals surface area contributed by atoms with Crippen LogP contribution in [0.2, 0.25) is 0 Å². The van der Waals surface area contributed by atoms with Gasteiger partial charge in [-0.15, -0.1) is 0 Å². The van der Waals surface area contributed by atoms with Crippen molar-refractivity contribution in [2.24, 2.45) is 23.7 Å². The van der Waals surface area contributed by atoms with Crippen molar-refractivity contribution in [3.63, 3.8) is 0 Å². The van der Waals surface area contributed by atoms with Gasteiger partial charge in [0.05, 0.1) is 36.5 Å². The normalized spacial score (nSPS) is 16.9. The van der Waals surface area contributed by atoms with Crippen molar-refractivity contribution in [1.82, 2.24) is 0 Å². The van der Waals surface area contributed by atoms with E-state index in [9.17, 15) is 43.5 Å². The Bertz CT molecular complexity index is 3880. The van der Waals surface area contributed by atoms with Crippen molar-refractivity contribution in [3.8, 4) is 44.5 Å². The first kappa shape index (κ1) is 57.0. The van der Waals surface area contributed by atoms with Crippen LogP contribution in [0.1, 0.15) is 133 Å². The summed E-state index contributed by atoms with van der Waals surface area (Å²) in [5, 5.41) is 18.2. The molecule has 12 heteroatoms. The van der Waals surface area contributed by atoms with E-state index < -0.39 is 11.9 Å². The first-order valence-electron chi connectivity index (χ1n) is 27.1. The number of fused-ring (bicyclic) bond motifs is 4. The number of esters is 2. The monoisotopic (exact) mass is 1090 g/mol. The minimum absolute atomic E-state index is 0.00596. The highest BCUT2D eigenvalue weighted by Crippen LogP contribution is 2.40. The van der Waals surface area contributed by atoms with Crippen LogP contribution >= 0.6 is 0 Å². The smallest absolute Gasteiger partial charge is 0.338 e. The molecule has 0 spiro atoms. The number of hydrogen-bond donors (Lipinski definition) is 2. The van der Waals surface area contributed by atoms with Gasteiger partial charge in [-0.25, -0.2) is 19.2 Å². The molecule has 0 radical (unpaired) electrons. The van der Waals surface area contributed by atoms with Crippen LogP contribution in [0.3, 0.4) is 0 Å². The first-order chi connectivity index (χ1) is 39.4. The lowest BCUT2D eigenvalue weighted by Crippen LogP contribution is -2.07. The lowest BCUT2D eigenvalue weighted by molar-refractivity contribution is 0.0592. The Morgan fingerprint density at radius 3 is 1.12 bits per heavy atom. The summed E-state index contributed by atoms with van der Waals surface area (Å²) in [6.45, 7) is 7.75. The number of rotatable bonds is 8. The fourth-order valence-corrected chi connectivity index (χ4v) is 11.5. The zero-order chi connectivity index (χ0) is 58.5. The SMILES string of the molecule is CC1Cc2cccc(-c3ccc(C(=O)O)cc3)c2C1=O.CC1Cc2cccc(-c3ccccc3C(=O)O)c2C1=O.COC(=O)c1cccc(-c2cccc3c2C(=O)C(C)C3)c1.COC(=O)c1ccccc1-c1cccc2c1C(=O)C(C)C2. The van der Waals surface area contributed by atoms with Crippen LogP contribution < -0.4 is 0 Å². The Labute approximate surface area is 475 Å². The van der Waals surface area contributed by atoms with Gasteiger partial charge in [0, 0.05) is 45.9 Å². The Kier molecular flexibility index (Phi) is 16.9. The molecule has 4 unspecified atom stereocenters. The van der Waals surface area contributed by atoms with Crippen LogP contribution in [0.15, 0.2) is 170 Å². The topological polar surface area (TPSA) is 195 Å². The van der Waals surface area contributed by atoms with Gasteiger partial charge >= 0.3 is 23.9 Å². The summed E-state index contributed by atoms with van der Waals surface area (Å²) in [6.07, 6.45) is 3.08. The number of carboxylic acid groups (broad SMARTS) is 2. The van der Waals surface area contributed by atoms with Gasteiger partial charge in [0.2, 0.25) is 0 Å². The molecule has 82 heavy (non-hydrogen) atoms. The van der Waals surface area contributed by atoms with Crippen LogP contribution in [-0.2, 0) is 35.2 Å². The standard InChI is InChI=1S/2C18H16O3.2C17H14O3/c1-11-9-13-6-4-8-15(16(13)17(11)19)12-5-3-7-14(10-12)18(20)21-2;1-11-10-12-6-5-9-14(16(12)17(11)19)13-7-3-4-8-15(13)18(20)21-2;1-10-9-11-5-4-8-13(15(11)16(10)18)12-6-2-3-7-14(12)17(19)20;1-10-9-13-3-2-4-14(15(13)16(10)18)11-5-7-12(8-6-11)17(19)20/h3-8,10-11H,9H2,1-2H3;3-9,11H,10H2,1-2H3;2*2-8,10H,9H2,1H3,(H,19,20). The summed E-state index contributed by atoms with van der Waals surface area (Å²) in [5.74, 6) is -2.01. The largest absolute Gasteiger partial charge is 0.478 e. The summed E-state index contributed by atoms with van der Waals surface area (Å²) < 4.78 is 9.59. The number of aromatic carboxylic acids is 2. The van der Waals surface area contributed by atoms with Crippen molar-refractivity contribution < 1.29 is 58.0 Å². The molecule has 0 saturated carbocycles. The molecule has 8 aromatic rings. The van der Waals surface area contributed by atoms with Crippen molar-refractivity contribution in [3.05, 3.63) is 237 Å². The molecule has 0 aliphatic heterocycles. The molecule has 0 saturated heterocycles. The molecule has 4 aliphatic rings. The van der Waals surface area contributed by atoms with E-state index in [1.807, 2.05) is 125 Å². The number of carbonyl (C=O) groups excluding carboxylic acids is 6. The summed E-state index contributed by atoms with van der Waals surface area (Å²) in [6, 6.07) is 51.2. The quantitative estimate of drug-likeness (QED) is 0.137. The maximum absolute atomic E-state index is 12.4. The van der Waals surface area contributed by atoms with E-state index >= 15 is 0 Å². The summed E-state index contributed by atoms with van der Waals surface area (Å²) >= 11 is 0. The minimum Gasteiger partial charge on any atom is -0.478 e. The van der Waals surface area contributed by atoms with Crippen molar-refractivity contribution >= 4 is 47.0 Å². The molecule has 0 bridgehead atoms. The van der Waals surface area contributed by atoms with Crippen LogP contribution in [0.25, 0.3) is 44.5 Å². The molecule has 12 rings (SSSR count). The van der Waals surface area contributed by atoms with Crippen molar-refractivity contribution in [2.75, 3.05) is 14.2 Å². The van der Waals surface area contributed by atoms with Crippen LogP contribution in [-0.4, -0.2) is 71.4 Å². The van der Waals surface area contributed by atoms with Gasteiger partial charge < -0.3 is 19.7 Å². The Morgan fingerprint density at radius 1 is 0.354 bits per heavy atom. The van der Waals surface area contributed by atoms with Gasteiger partial charge in [-0.3, -0.25) is 19.2 Å². The molecule has 0 fully saturated rings. The number of carboxylic acids is 2. The molecule has 12 nitrogen and oxygen atoms in total. The molecular formula is C70H60O12. The number of hydrogen-bond acceptors (Lipinski definition) is 10. The van der Waals surface area contributed by atoms with E-state index in [2.05, 4.69) is 0 Å². The van der Waals surface area contributed by atoms with Crippen molar-refractivity contribution in [1.29, 1.82) is 0 Å². The maximum atomic E-state index is 12.4. The van der Waals surface area contributed by atoms with E-state index in [1.165, 1.54) is 14.2 Å². The van der Waals surface area contributed by atoms with Crippen LogP contribution in [0.4, 0.5) is 0 Å². The fraction of sp³-hybridized carbons (Fsp3) is 0.200. The number of ether oxygens (including phenoxy) is 2. The zero-order valence-corrected chi connectivity index (χ0v) is 46.3. The fourth-order valence-electron chi connectivity index (χ4n) is 11.5. The number of Topliss-reactive ketones (excluding diaryl/α,β-unsaturated/α-hetero) is 4. The van der Waals surface area contributed by atoms with E-state index in [0.717, 1.165) is 104 Å². The lowest BCUT2D eigenvalue weighted by atomic mass is 9.93. The number of carbonyl (C=O) groups is 8. The van der Waals surface area contributed by atoms with Gasteiger partial charge in [-0.05, 0) is 129 Å². The van der Waals surface area contributed by atoms with Crippen LogP contribution in [0.5, 0.6) is 0 Å². The Hall–Kier alpha value is -9.68. The second kappa shape index (κ2) is 24.4. The molecule has 0 aromatic heterocycles. The van der Waals surface area contributed by atoms with Gasteiger partial charge in [-0.2, -0.15) is 0 Å². The first-order valence-corrected chi connectivity index (χ1v) is 27.1. The molecule has 0 heterocycles. The average molecular weight is 1090 g/mol. The third kappa shape index (κ3) is 11.4. The maximum Gasteiger partial charge on any atom is 0.338 e. The van der Waals surface area contributed by atoms with Crippen LogP contribution in [0, 0.1) is 23.7 Å². The molecular weight excluding hydrogens is 1030 g/mol. The average Bonchev–Trinajstić information content (AvgIpc) is 4.39. The predicted octanol–water partition coefficient (Wildman–Crippen LogP) is 13.9. The second-order valence-corrected chi connectivity index (χ2v) is 21.1. The highest BCUT2D eigenvalue weighted by atomic mass is 16.5. The highest BCUT2D eigenvalue weighted by molar-refractivity contribution is 6.12. The van der Waals surface area contributed by atoms with E-state index in [1.54, 1.807) is 72.8 Å². The number of benzene rings is 8.